The van der Waals surface area contributed by atoms with Crippen molar-refractivity contribution >= 4 is 12.2 Å². The van der Waals surface area contributed by atoms with Crippen molar-refractivity contribution in [3.63, 3.8) is 0 Å². The van der Waals surface area contributed by atoms with E-state index in [-0.39, 0.29) is 24.1 Å². The Bertz CT molecular complexity index is 958. The number of nitrogens with two attached hydrogens (primary N) is 1. The van der Waals surface area contributed by atoms with Crippen molar-refractivity contribution in [2.75, 3.05) is 19.8 Å². The van der Waals surface area contributed by atoms with Crippen LogP contribution in [0, 0.1) is 5.82 Å². The summed E-state index contributed by atoms with van der Waals surface area (Å²) in [5.41, 5.74) is 2.33. The van der Waals surface area contributed by atoms with E-state index in [1.54, 1.807) is 17.1 Å². The molecule has 2 atom stereocenters. The van der Waals surface area contributed by atoms with E-state index in [1.807, 2.05) is 6.21 Å². The van der Waals surface area contributed by atoms with Gasteiger partial charge in [0.15, 0.2) is 6.23 Å². The summed E-state index contributed by atoms with van der Waals surface area (Å²) < 4.78 is 19.6. The van der Waals surface area contributed by atoms with Gasteiger partial charge in [0, 0.05) is 32.4 Å². The van der Waals surface area contributed by atoms with Crippen LogP contribution in [-0.2, 0) is 17.8 Å². The van der Waals surface area contributed by atoms with Crippen LogP contribution in [0.1, 0.15) is 24.0 Å². The predicted octanol–water partition coefficient (Wildman–Crippen LogP) is 2.59. The molecule has 0 aliphatic carbocycles. The van der Waals surface area contributed by atoms with Gasteiger partial charge in [0.2, 0.25) is 0 Å². The average molecular weight is 437 g/mol. The molecule has 0 saturated carbocycles. The molecular weight excluding hydrogens is 407 g/mol. The van der Waals surface area contributed by atoms with Crippen LogP contribution in [0.25, 0.3) is 0 Å². The molecule has 32 heavy (non-hydrogen) atoms. The quantitative estimate of drug-likeness (QED) is 0.730. The monoisotopic (exact) mass is 436 g/mol. The predicted molar refractivity (Wildman–Crippen MR) is 122 cm³/mol. The molecule has 2 fully saturated rings. The molecule has 2 aromatic rings. The third kappa shape index (κ3) is 4.67. The molecule has 2 aromatic carbocycles. The van der Waals surface area contributed by atoms with Gasteiger partial charge in [0.1, 0.15) is 18.5 Å². The summed E-state index contributed by atoms with van der Waals surface area (Å²) in [6.07, 6.45) is 3.55. The van der Waals surface area contributed by atoms with E-state index in [4.69, 9.17) is 15.6 Å². The maximum absolute atomic E-state index is 13.4. The van der Waals surface area contributed by atoms with Gasteiger partial charge in [0.25, 0.3) is 6.02 Å². The lowest BCUT2D eigenvalue weighted by atomic mass is 10.0. The fourth-order valence-electron chi connectivity index (χ4n) is 4.54. The summed E-state index contributed by atoms with van der Waals surface area (Å²) in [5, 5.41) is 1.60. The van der Waals surface area contributed by atoms with Crippen LogP contribution in [0.4, 0.5) is 4.39 Å². The van der Waals surface area contributed by atoms with Gasteiger partial charge in [-0.1, -0.05) is 42.5 Å². The molecular formula is C24H29FN6O. The Morgan fingerprint density at radius 2 is 1.72 bits per heavy atom. The molecule has 7 nitrogen and oxygen atoms in total. The normalized spacial score (nSPS) is 25.8. The van der Waals surface area contributed by atoms with Crippen molar-refractivity contribution in [2.45, 2.75) is 44.2 Å². The number of aliphatic imine (C=N–C) groups is 2. The molecule has 0 amide bonds. The minimum atomic E-state index is -0.315. The number of amidine groups is 1. The summed E-state index contributed by atoms with van der Waals surface area (Å²) in [7, 11) is 0. The van der Waals surface area contributed by atoms with Crippen molar-refractivity contribution < 1.29 is 9.13 Å². The lowest BCUT2D eigenvalue weighted by Crippen LogP contribution is -2.52. The molecule has 0 bridgehead atoms. The Balaban J connectivity index is 1.28. The number of likely N-dealkylation sites (tertiary alicyclic amines) is 1. The van der Waals surface area contributed by atoms with Crippen LogP contribution in [0.15, 0.2) is 64.6 Å². The molecule has 0 spiro atoms. The minimum absolute atomic E-state index is 0.115. The Morgan fingerprint density at radius 3 is 2.47 bits per heavy atom. The Labute approximate surface area is 188 Å². The summed E-state index contributed by atoms with van der Waals surface area (Å²) in [5.74, 6) is 5.90. The first-order valence-corrected chi connectivity index (χ1v) is 11.2. The molecule has 3 aliphatic rings. The second-order valence-electron chi connectivity index (χ2n) is 8.65. The van der Waals surface area contributed by atoms with Gasteiger partial charge in [-0.3, -0.25) is 15.7 Å². The smallest absolute Gasteiger partial charge is 0.290 e. The molecule has 0 radical (unpaired) electrons. The molecule has 3 aliphatic heterocycles. The highest BCUT2D eigenvalue weighted by Gasteiger charge is 2.44. The topological polar surface area (TPSA) is 69.7 Å². The highest BCUT2D eigenvalue weighted by Crippen LogP contribution is 2.27. The summed E-state index contributed by atoms with van der Waals surface area (Å²) >= 11 is 0. The number of piperidine rings is 1. The van der Waals surface area contributed by atoms with Gasteiger partial charge in [0.05, 0.1) is 6.04 Å². The molecule has 2 saturated heterocycles. The van der Waals surface area contributed by atoms with E-state index in [0.717, 1.165) is 38.0 Å². The van der Waals surface area contributed by atoms with Gasteiger partial charge < -0.3 is 9.64 Å². The van der Waals surface area contributed by atoms with Crippen molar-refractivity contribution in [3.05, 3.63) is 71.5 Å². The fourth-order valence-corrected chi connectivity index (χ4v) is 4.54. The molecule has 2 unspecified atom stereocenters. The largest absolute Gasteiger partial charge is 0.442 e. The average Bonchev–Trinajstić information content (AvgIpc) is 3.16. The van der Waals surface area contributed by atoms with Crippen molar-refractivity contribution in [1.29, 1.82) is 0 Å². The van der Waals surface area contributed by atoms with Crippen LogP contribution in [-0.4, -0.2) is 65.1 Å². The van der Waals surface area contributed by atoms with E-state index in [2.05, 4.69) is 45.1 Å². The standard InChI is InChI=1S/C24H29FN6O/c25-20-8-6-19(7-9-20)16-30-22-14-27-17-31(26)23(22)32-24(30)28-21-10-12-29(13-11-21)15-18-4-2-1-3-5-18/h1-9,14,21-23H,10-13,15-17,26H2. The molecule has 3 heterocycles. The van der Waals surface area contributed by atoms with E-state index >= 15 is 0 Å². The zero-order valence-electron chi connectivity index (χ0n) is 18.1. The van der Waals surface area contributed by atoms with Gasteiger partial charge in [-0.2, -0.15) is 5.01 Å². The van der Waals surface area contributed by atoms with Crippen LogP contribution < -0.4 is 5.84 Å². The second-order valence-corrected chi connectivity index (χ2v) is 8.65. The Morgan fingerprint density at radius 1 is 1.00 bits per heavy atom. The highest BCUT2D eigenvalue weighted by atomic mass is 19.1. The van der Waals surface area contributed by atoms with Crippen LogP contribution in [0.3, 0.4) is 0 Å². The number of hydrazine groups is 1. The van der Waals surface area contributed by atoms with Gasteiger partial charge >= 0.3 is 0 Å². The zero-order valence-corrected chi connectivity index (χ0v) is 18.1. The number of fused-ring (bicyclic) bond motifs is 1. The Kier molecular flexibility index (Phi) is 6.16. The van der Waals surface area contributed by atoms with Gasteiger partial charge in [-0.15, -0.1) is 0 Å². The molecule has 5 rings (SSSR count). The minimum Gasteiger partial charge on any atom is -0.442 e. The van der Waals surface area contributed by atoms with Crippen molar-refractivity contribution in [2.24, 2.45) is 15.8 Å². The molecule has 168 valence electrons. The van der Waals surface area contributed by atoms with E-state index in [9.17, 15) is 4.39 Å². The number of halogens is 1. The fraction of sp³-hybridized carbons (Fsp3) is 0.417. The Hall–Kier alpha value is -2.81. The number of nitrogens with zero attached hydrogens (tertiary/aromatic N) is 5. The van der Waals surface area contributed by atoms with E-state index in [0.29, 0.717) is 19.2 Å². The summed E-state index contributed by atoms with van der Waals surface area (Å²) in [6.45, 7) is 3.95. The number of ether oxygens (including phenoxy) is 1. The molecule has 0 aromatic heterocycles. The van der Waals surface area contributed by atoms with Crippen molar-refractivity contribution in [3.8, 4) is 0 Å². The van der Waals surface area contributed by atoms with Crippen molar-refractivity contribution in [1.82, 2.24) is 14.8 Å². The lowest BCUT2D eigenvalue weighted by Gasteiger charge is -2.31. The molecule has 2 N–H and O–H groups in total. The second kappa shape index (κ2) is 9.36. The zero-order chi connectivity index (χ0) is 21.9. The number of benzene rings is 2. The number of hydrogen-bond acceptors (Lipinski definition) is 6. The first-order valence-electron chi connectivity index (χ1n) is 11.2. The molecule has 8 heteroatoms. The summed E-state index contributed by atoms with van der Waals surface area (Å²) in [4.78, 5) is 13.9. The van der Waals surface area contributed by atoms with Crippen LogP contribution in [0.5, 0.6) is 0 Å². The number of rotatable bonds is 5. The SMILES string of the molecule is NN1CN=CC2C1OC(=NC1CCN(Cc3ccccc3)CC1)N2Cc1ccc(F)cc1. The first-order chi connectivity index (χ1) is 15.7. The van der Waals surface area contributed by atoms with Gasteiger partial charge in [-0.05, 0) is 36.1 Å². The van der Waals surface area contributed by atoms with E-state index in [1.165, 1.54) is 17.7 Å². The highest BCUT2D eigenvalue weighted by molar-refractivity contribution is 5.83. The number of hydrogen-bond donors (Lipinski definition) is 1. The van der Waals surface area contributed by atoms with Crippen LogP contribution >= 0.6 is 0 Å². The maximum atomic E-state index is 13.4. The van der Waals surface area contributed by atoms with Gasteiger partial charge in [-0.25, -0.2) is 9.38 Å². The third-order valence-electron chi connectivity index (χ3n) is 6.32. The van der Waals surface area contributed by atoms with E-state index < -0.39 is 0 Å². The van der Waals surface area contributed by atoms with Crippen LogP contribution in [0.2, 0.25) is 0 Å². The third-order valence-corrected chi connectivity index (χ3v) is 6.32. The summed E-state index contributed by atoms with van der Waals surface area (Å²) in [6, 6.07) is 17.8. The maximum Gasteiger partial charge on any atom is 0.290 e. The lowest BCUT2D eigenvalue weighted by molar-refractivity contribution is 0.0234. The first kappa shape index (κ1) is 21.1.